The molecule has 66 valence electrons. The first-order valence-electron chi connectivity index (χ1n) is 4.38. The number of hydrogen-bond acceptors (Lipinski definition) is 3. The summed E-state index contributed by atoms with van der Waals surface area (Å²) in [5, 5.41) is 8.79. The molecule has 12 heavy (non-hydrogen) atoms. The molecule has 0 aliphatic carbocycles. The van der Waals surface area contributed by atoms with Crippen molar-refractivity contribution in [3.05, 3.63) is 18.0 Å². The Kier molecular flexibility index (Phi) is 2.10. The minimum atomic E-state index is 0.348. The molecule has 1 fully saturated rings. The minimum Gasteiger partial charge on any atom is -0.281 e. The van der Waals surface area contributed by atoms with Crippen LogP contribution in [0.1, 0.15) is 31.0 Å². The first-order valence-corrected chi connectivity index (χ1v) is 4.38. The summed E-state index contributed by atoms with van der Waals surface area (Å²) in [4.78, 5) is 0. The summed E-state index contributed by atoms with van der Waals surface area (Å²) in [6.07, 6.45) is 5.38. The van der Waals surface area contributed by atoms with Gasteiger partial charge in [-0.2, -0.15) is 5.10 Å². The zero-order chi connectivity index (χ0) is 8.39. The smallest absolute Gasteiger partial charge is 0.0657 e. The van der Waals surface area contributed by atoms with E-state index in [1.807, 2.05) is 11.1 Å². The fourth-order valence-corrected chi connectivity index (χ4v) is 1.74. The molecule has 4 heteroatoms. The Hall–Kier alpha value is -0.870. The average molecular weight is 166 g/mol. The fraction of sp³-hybridized carbons (Fsp3) is 0.625. The monoisotopic (exact) mass is 166 g/mol. The molecule has 2 heterocycles. The second-order valence-electron chi connectivity index (χ2n) is 3.26. The molecule has 1 aromatic rings. The molecule has 0 amide bonds. The van der Waals surface area contributed by atoms with Gasteiger partial charge in [0.2, 0.25) is 0 Å². The van der Waals surface area contributed by atoms with Gasteiger partial charge < -0.3 is 0 Å². The molecule has 4 nitrogen and oxygen atoms in total. The Morgan fingerprint density at radius 1 is 1.58 bits per heavy atom. The van der Waals surface area contributed by atoms with Crippen LogP contribution in [-0.2, 0) is 0 Å². The van der Waals surface area contributed by atoms with Gasteiger partial charge in [0.05, 0.1) is 11.7 Å². The predicted octanol–water partition coefficient (Wildman–Crippen LogP) is 0.810. The van der Waals surface area contributed by atoms with Crippen LogP contribution in [0.5, 0.6) is 0 Å². The van der Waals surface area contributed by atoms with Gasteiger partial charge in [-0.15, -0.1) is 0 Å². The maximum Gasteiger partial charge on any atom is 0.0657 e. The Bertz CT molecular complexity index is 231. The maximum absolute atomic E-state index is 5.86. The van der Waals surface area contributed by atoms with Crippen molar-refractivity contribution in [3.63, 3.8) is 0 Å². The Labute approximate surface area is 71.7 Å². The molecule has 0 bridgehead atoms. The Balaban J connectivity index is 2.11. The summed E-state index contributed by atoms with van der Waals surface area (Å²) in [5.74, 6) is 5.86. The fourth-order valence-electron chi connectivity index (χ4n) is 1.74. The van der Waals surface area contributed by atoms with E-state index in [1.165, 1.54) is 12.8 Å². The minimum absolute atomic E-state index is 0.348. The van der Waals surface area contributed by atoms with E-state index in [9.17, 15) is 0 Å². The molecule has 0 saturated carbocycles. The van der Waals surface area contributed by atoms with Gasteiger partial charge in [-0.25, -0.2) is 5.01 Å². The summed E-state index contributed by atoms with van der Waals surface area (Å²) in [6, 6.07) is 2.34. The number of nitrogens with zero attached hydrogens (tertiary/aromatic N) is 2. The first kappa shape index (κ1) is 7.76. The van der Waals surface area contributed by atoms with E-state index in [-0.39, 0.29) is 0 Å². The maximum atomic E-state index is 5.86. The van der Waals surface area contributed by atoms with Crippen LogP contribution in [0.2, 0.25) is 0 Å². The van der Waals surface area contributed by atoms with Crippen molar-refractivity contribution in [1.29, 1.82) is 0 Å². The molecule has 1 atom stereocenters. The van der Waals surface area contributed by atoms with Gasteiger partial charge in [0, 0.05) is 12.7 Å². The van der Waals surface area contributed by atoms with Crippen LogP contribution < -0.4 is 5.84 Å². The molecule has 1 aromatic heterocycles. The molecule has 2 rings (SSSR count). The van der Waals surface area contributed by atoms with Crippen molar-refractivity contribution in [2.45, 2.75) is 25.3 Å². The third-order valence-electron chi connectivity index (χ3n) is 2.43. The van der Waals surface area contributed by atoms with Crippen LogP contribution in [-0.4, -0.2) is 21.8 Å². The summed E-state index contributed by atoms with van der Waals surface area (Å²) in [5.41, 5.74) is 1.14. The van der Waals surface area contributed by atoms with Crippen LogP contribution in [0, 0.1) is 0 Å². The topological polar surface area (TPSA) is 57.9 Å². The number of nitrogens with two attached hydrogens (primary N) is 1. The number of hydrazine groups is 1. The van der Waals surface area contributed by atoms with Crippen LogP contribution in [0.3, 0.4) is 0 Å². The number of hydrogen-bond donors (Lipinski definition) is 2. The molecular formula is C8H14N4. The van der Waals surface area contributed by atoms with E-state index in [1.54, 1.807) is 6.20 Å². The third-order valence-corrected chi connectivity index (χ3v) is 2.43. The summed E-state index contributed by atoms with van der Waals surface area (Å²) < 4.78 is 0. The highest BCUT2D eigenvalue weighted by Gasteiger charge is 2.21. The molecule has 0 spiro atoms. The number of H-pyrrole nitrogens is 1. The summed E-state index contributed by atoms with van der Waals surface area (Å²) in [6.45, 7) is 0.990. The zero-order valence-electron chi connectivity index (χ0n) is 7.03. The van der Waals surface area contributed by atoms with Crippen molar-refractivity contribution >= 4 is 0 Å². The van der Waals surface area contributed by atoms with E-state index >= 15 is 0 Å². The van der Waals surface area contributed by atoms with Crippen LogP contribution >= 0.6 is 0 Å². The number of aromatic nitrogens is 2. The van der Waals surface area contributed by atoms with Crippen LogP contribution in [0.4, 0.5) is 0 Å². The highest BCUT2D eigenvalue weighted by atomic mass is 15.4. The lowest BCUT2D eigenvalue weighted by molar-refractivity contribution is 0.148. The molecular weight excluding hydrogens is 152 g/mol. The zero-order valence-corrected chi connectivity index (χ0v) is 7.03. The number of aromatic amines is 1. The molecule has 1 unspecified atom stereocenters. The number of nitrogens with one attached hydrogen (secondary N) is 1. The normalized spacial score (nSPS) is 25.9. The number of rotatable bonds is 1. The van der Waals surface area contributed by atoms with Crippen molar-refractivity contribution in [3.8, 4) is 0 Å². The molecule has 0 aromatic carbocycles. The van der Waals surface area contributed by atoms with E-state index in [4.69, 9.17) is 5.84 Å². The summed E-state index contributed by atoms with van der Waals surface area (Å²) in [7, 11) is 0. The van der Waals surface area contributed by atoms with Gasteiger partial charge in [0.15, 0.2) is 0 Å². The quantitative estimate of drug-likeness (QED) is 0.607. The van der Waals surface area contributed by atoms with Gasteiger partial charge in [-0.1, -0.05) is 6.42 Å². The lowest BCUT2D eigenvalue weighted by atomic mass is 10.0. The third kappa shape index (κ3) is 1.35. The molecule has 1 aliphatic rings. The number of piperidine rings is 1. The van der Waals surface area contributed by atoms with Gasteiger partial charge in [-0.05, 0) is 18.9 Å². The van der Waals surface area contributed by atoms with Crippen LogP contribution in [0.25, 0.3) is 0 Å². The molecule has 1 aliphatic heterocycles. The largest absolute Gasteiger partial charge is 0.281 e. The van der Waals surface area contributed by atoms with Crippen molar-refractivity contribution in [2.75, 3.05) is 6.54 Å². The standard InChI is InChI=1S/C8H14N4/c9-12-6-2-1-3-8(12)7-4-5-10-11-7/h4-5,8H,1-3,6,9H2,(H,10,11). The second-order valence-corrected chi connectivity index (χ2v) is 3.26. The summed E-state index contributed by atoms with van der Waals surface area (Å²) >= 11 is 0. The van der Waals surface area contributed by atoms with Crippen molar-refractivity contribution < 1.29 is 0 Å². The van der Waals surface area contributed by atoms with Crippen molar-refractivity contribution in [1.82, 2.24) is 15.2 Å². The van der Waals surface area contributed by atoms with E-state index < -0.39 is 0 Å². The lowest BCUT2D eigenvalue weighted by Gasteiger charge is -2.30. The molecule has 0 radical (unpaired) electrons. The van der Waals surface area contributed by atoms with Gasteiger partial charge in [-0.3, -0.25) is 10.9 Å². The first-order chi connectivity index (χ1) is 5.88. The Morgan fingerprint density at radius 2 is 2.50 bits per heavy atom. The highest BCUT2D eigenvalue weighted by molar-refractivity contribution is 5.05. The second kappa shape index (κ2) is 3.25. The predicted molar refractivity (Wildman–Crippen MR) is 46.1 cm³/mol. The molecule has 3 N–H and O–H groups in total. The molecule has 1 saturated heterocycles. The van der Waals surface area contributed by atoms with E-state index in [2.05, 4.69) is 10.2 Å². The highest BCUT2D eigenvalue weighted by Crippen LogP contribution is 2.26. The SMILES string of the molecule is NN1CCCCC1c1ccn[nH]1. The van der Waals surface area contributed by atoms with Gasteiger partial charge in [0.25, 0.3) is 0 Å². The Morgan fingerprint density at radius 3 is 3.17 bits per heavy atom. The van der Waals surface area contributed by atoms with Crippen LogP contribution in [0.15, 0.2) is 12.3 Å². The average Bonchev–Trinajstić information content (AvgIpc) is 2.57. The van der Waals surface area contributed by atoms with Gasteiger partial charge in [0.1, 0.15) is 0 Å². The van der Waals surface area contributed by atoms with Crippen molar-refractivity contribution in [2.24, 2.45) is 5.84 Å². The lowest BCUT2D eigenvalue weighted by Crippen LogP contribution is -2.39. The van der Waals surface area contributed by atoms with E-state index in [0.29, 0.717) is 6.04 Å². The van der Waals surface area contributed by atoms with E-state index in [0.717, 1.165) is 18.7 Å². The van der Waals surface area contributed by atoms with Gasteiger partial charge >= 0.3 is 0 Å².